The van der Waals surface area contributed by atoms with E-state index in [0.717, 1.165) is 27.2 Å². The summed E-state index contributed by atoms with van der Waals surface area (Å²) in [5.41, 5.74) is 5.05. The third-order valence-electron chi connectivity index (χ3n) is 8.51. The molecule has 0 saturated heterocycles. The van der Waals surface area contributed by atoms with Crippen molar-refractivity contribution in [3.63, 3.8) is 0 Å². The van der Waals surface area contributed by atoms with E-state index in [0.29, 0.717) is 37.1 Å². The van der Waals surface area contributed by atoms with Gasteiger partial charge in [0.25, 0.3) is 23.6 Å². The number of hydrogen-bond acceptors (Lipinski definition) is 8. The molecule has 1 aliphatic rings. The van der Waals surface area contributed by atoms with Crippen molar-refractivity contribution in [2.45, 2.75) is 73.3 Å². The van der Waals surface area contributed by atoms with E-state index in [2.05, 4.69) is 10.6 Å². The van der Waals surface area contributed by atoms with Gasteiger partial charge in [-0.15, -0.1) is 0 Å². The van der Waals surface area contributed by atoms with Crippen LogP contribution in [0.3, 0.4) is 0 Å². The fourth-order valence-corrected chi connectivity index (χ4v) is 5.91. The standard InChI is InChI=1S/C38H43N3O8/c1-7-23-13-11-14-24(8-2)32(23)39-30(42)20-48-37(46)27-17-18-28-29(19-27)36(45)41(35(28)44)34(22(5)6)38(47)49-21-31(43)40-33-25(9-3)15-12-16-26(33)10-4/h11-19,22,34H,7-10,20-21H2,1-6H3,(H,39,42)(H,40,43). The van der Waals surface area contributed by atoms with Crippen molar-refractivity contribution < 1.29 is 38.2 Å². The molecule has 0 bridgehead atoms. The molecule has 0 fully saturated rings. The molecule has 1 heterocycles. The molecule has 11 heteroatoms. The van der Waals surface area contributed by atoms with E-state index in [1.165, 1.54) is 18.2 Å². The van der Waals surface area contributed by atoms with Gasteiger partial charge in [0.1, 0.15) is 6.04 Å². The second-order valence-corrected chi connectivity index (χ2v) is 12.0. The van der Waals surface area contributed by atoms with Crippen LogP contribution in [0, 0.1) is 5.92 Å². The lowest BCUT2D eigenvalue weighted by Crippen LogP contribution is -2.49. The molecule has 0 radical (unpaired) electrons. The van der Waals surface area contributed by atoms with Crippen molar-refractivity contribution in [2.24, 2.45) is 5.92 Å². The van der Waals surface area contributed by atoms with Crippen LogP contribution < -0.4 is 10.6 Å². The van der Waals surface area contributed by atoms with Gasteiger partial charge in [0.05, 0.1) is 16.7 Å². The van der Waals surface area contributed by atoms with Crippen LogP contribution in [0.25, 0.3) is 0 Å². The topological polar surface area (TPSA) is 148 Å². The largest absolute Gasteiger partial charge is 0.454 e. The van der Waals surface area contributed by atoms with Crippen LogP contribution >= 0.6 is 0 Å². The number of ether oxygens (including phenoxy) is 2. The Morgan fingerprint density at radius 2 is 1.10 bits per heavy atom. The number of carbonyl (C=O) groups is 6. The maximum atomic E-state index is 13.5. The van der Waals surface area contributed by atoms with E-state index in [1.54, 1.807) is 13.8 Å². The zero-order chi connectivity index (χ0) is 35.8. The third-order valence-corrected chi connectivity index (χ3v) is 8.51. The molecule has 0 spiro atoms. The van der Waals surface area contributed by atoms with Crippen LogP contribution in [0.4, 0.5) is 11.4 Å². The summed E-state index contributed by atoms with van der Waals surface area (Å²) in [6, 6.07) is 14.0. The summed E-state index contributed by atoms with van der Waals surface area (Å²) in [5, 5.41) is 5.66. The summed E-state index contributed by atoms with van der Waals surface area (Å²) in [6.45, 7) is 10.0. The predicted octanol–water partition coefficient (Wildman–Crippen LogP) is 5.53. The number of rotatable bonds is 14. The molecule has 3 aromatic carbocycles. The van der Waals surface area contributed by atoms with Crippen LogP contribution in [-0.2, 0) is 49.5 Å². The van der Waals surface area contributed by atoms with E-state index in [4.69, 9.17) is 9.47 Å². The predicted molar refractivity (Wildman–Crippen MR) is 184 cm³/mol. The first kappa shape index (κ1) is 36.5. The number of carbonyl (C=O) groups excluding carboxylic acids is 6. The van der Waals surface area contributed by atoms with E-state index in [1.807, 2.05) is 64.1 Å². The number of nitrogens with zero attached hydrogens (tertiary/aromatic N) is 1. The van der Waals surface area contributed by atoms with Gasteiger partial charge in [0.15, 0.2) is 13.2 Å². The van der Waals surface area contributed by atoms with Crippen LogP contribution in [0.15, 0.2) is 54.6 Å². The summed E-state index contributed by atoms with van der Waals surface area (Å²) in [6.07, 6.45) is 2.81. The molecule has 0 aliphatic carbocycles. The number of esters is 2. The lowest BCUT2D eigenvalue weighted by atomic mass is 10.0. The monoisotopic (exact) mass is 669 g/mol. The molecule has 1 aliphatic heterocycles. The van der Waals surface area contributed by atoms with Crippen molar-refractivity contribution in [1.29, 1.82) is 0 Å². The Hall–Kier alpha value is -5.32. The van der Waals surface area contributed by atoms with E-state index < -0.39 is 60.7 Å². The lowest BCUT2D eigenvalue weighted by molar-refractivity contribution is -0.152. The van der Waals surface area contributed by atoms with Gasteiger partial charge in [-0.05, 0) is 72.1 Å². The minimum atomic E-state index is -1.33. The number of imide groups is 1. The number of amides is 4. The third kappa shape index (κ3) is 8.05. The normalized spacial score (nSPS) is 12.8. The first-order valence-electron chi connectivity index (χ1n) is 16.6. The van der Waals surface area contributed by atoms with Crippen molar-refractivity contribution in [1.82, 2.24) is 4.90 Å². The van der Waals surface area contributed by atoms with E-state index >= 15 is 0 Å². The number of nitrogens with one attached hydrogen (secondary N) is 2. The maximum Gasteiger partial charge on any atom is 0.338 e. The fraction of sp³-hybridized carbons (Fsp3) is 0.368. The highest BCUT2D eigenvalue weighted by Crippen LogP contribution is 2.29. The summed E-state index contributed by atoms with van der Waals surface area (Å²) in [5.74, 6) is -4.93. The summed E-state index contributed by atoms with van der Waals surface area (Å²) >= 11 is 0. The number of para-hydroxylation sites is 2. The highest BCUT2D eigenvalue weighted by Gasteiger charge is 2.45. The minimum absolute atomic E-state index is 0.00187. The molecule has 1 atom stereocenters. The van der Waals surface area contributed by atoms with Crippen molar-refractivity contribution in [2.75, 3.05) is 23.8 Å². The number of fused-ring (bicyclic) bond motifs is 1. The molecule has 0 aromatic heterocycles. The molecular weight excluding hydrogens is 626 g/mol. The molecule has 0 saturated carbocycles. The Labute approximate surface area is 286 Å². The second kappa shape index (κ2) is 16.2. The van der Waals surface area contributed by atoms with Gasteiger partial charge in [-0.1, -0.05) is 77.9 Å². The molecule has 4 rings (SSSR count). The van der Waals surface area contributed by atoms with Crippen LogP contribution in [-0.4, -0.2) is 59.7 Å². The average Bonchev–Trinajstić information content (AvgIpc) is 3.34. The zero-order valence-corrected chi connectivity index (χ0v) is 28.8. The van der Waals surface area contributed by atoms with Crippen LogP contribution in [0.1, 0.15) is 94.9 Å². The summed E-state index contributed by atoms with van der Waals surface area (Å²) in [4.78, 5) is 79.5. The fourth-order valence-electron chi connectivity index (χ4n) is 5.91. The van der Waals surface area contributed by atoms with Crippen molar-refractivity contribution in [3.8, 4) is 0 Å². The number of anilines is 2. The molecule has 11 nitrogen and oxygen atoms in total. The highest BCUT2D eigenvalue weighted by molar-refractivity contribution is 6.23. The molecule has 3 aromatic rings. The molecule has 4 amide bonds. The first-order chi connectivity index (χ1) is 23.4. The molecule has 1 unspecified atom stereocenters. The van der Waals surface area contributed by atoms with Crippen molar-refractivity contribution in [3.05, 3.63) is 93.5 Å². The Kier molecular flexibility index (Phi) is 12.1. The van der Waals surface area contributed by atoms with Gasteiger partial charge in [-0.25, -0.2) is 9.59 Å². The van der Waals surface area contributed by atoms with E-state index in [9.17, 15) is 28.8 Å². The maximum absolute atomic E-state index is 13.5. The molecule has 49 heavy (non-hydrogen) atoms. The molecule has 258 valence electrons. The Morgan fingerprint density at radius 3 is 1.55 bits per heavy atom. The second-order valence-electron chi connectivity index (χ2n) is 12.0. The summed E-state index contributed by atoms with van der Waals surface area (Å²) < 4.78 is 10.6. The van der Waals surface area contributed by atoms with E-state index in [-0.39, 0.29) is 16.7 Å². The van der Waals surface area contributed by atoms with Crippen LogP contribution in [0.5, 0.6) is 0 Å². The van der Waals surface area contributed by atoms with Gasteiger partial charge >= 0.3 is 11.9 Å². The number of hydrogen-bond donors (Lipinski definition) is 2. The number of aryl methyl sites for hydroxylation is 4. The smallest absolute Gasteiger partial charge is 0.338 e. The average molecular weight is 670 g/mol. The Balaban J connectivity index is 1.42. The molecular formula is C38H43N3O8. The Bertz CT molecular complexity index is 1740. The van der Waals surface area contributed by atoms with Crippen molar-refractivity contribution >= 4 is 46.9 Å². The quantitative estimate of drug-likeness (QED) is 0.168. The summed E-state index contributed by atoms with van der Waals surface area (Å²) in [7, 11) is 0. The van der Waals surface area contributed by atoms with Gasteiger partial charge < -0.3 is 20.1 Å². The first-order valence-corrected chi connectivity index (χ1v) is 16.6. The Morgan fingerprint density at radius 1 is 0.653 bits per heavy atom. The number of benzene rings is 3. The van der Waals surface area contributed by atoms with Crippen LogP contribution in [0.2, 0.25) is 0 Å². The lowest BCUT2D eigenvalue weighted by Gasteiger charge is -2.27. The SMILES string of the molecule is CCc1cccc(CC)c1NC(=O)COC(=O)c1ccc2c(c1)C(=O)N(C(C(=O)OCC(=O)Nc1c(CC)cccc1CC)C(C)C)C2=O. The highest BCUT2D eigenvalue weighted by atomic mass is 16.5. The minimum Gasteiger partial charge on any atom is -0.454 e. The van der Waals surface area contributed by atoms with Gasteiger partial charge in [-0.3, -0.25) is 24.1 Å². The van der Waals surface area contributed by atoms with Gasteiger partial charge in [-0.2, -0.15) is 0 Å². The van der Waals surface area contributed by atoms with Gasteiger partial charge in [0, 0.05) is 11.4 Å². The zero-order valence-electron chi connectivity index (χ0n) is 28.8. The van der Waals surface area contributed by atoms with Gasteiger partial charge in [0.2, 0.25) is 0 Å². The molecule has 2 N–H and O–H groups in total.